The molecule has 0 aliphatic rings. The van der Waals surface area contributed by atoms with E-state index in [0.29, 0.717) is 5.71 Å². The van der Waals surface area contributed by atoms with Gasteiger partial charge in [0.2, 0.25) is 5.91 Å². The van der Waals surface area contributed by atoms with Gasteiger partial charge >= 0.3 is 0 Å². The van der Waals surface area contributed by atoms with Crippen molar-refractivity contribution in [2.24, 2.45) is 5.92 Å². The molecule has 0 radical (unpaired) electrons. The van der Waals surface area contributed by atoms with Crippen LogP contribution in [0.4, 0.5) is 0 Å². The van der Waals surface area contributed by atoms with Crippen LogP contribution in [0.2, 0.25) is 0 Å². The monoisotopic (exact) mass is 218 g/mol. The van der Waals surface area contributed by atoms with Crippen molar-refractivity contribution < 1.29 is 4.79 Å². The van der Waals surface area contributed by atoms with Gasteiger partial charge in [-0.15, -0.1) is 0 Å². The highest BCUT2D eigenvalue weighted by Crippen LogP contribution is 2.04. The maximum Gasteiger partial charge on any atom is 0.223 e. The molecule has 0 saturated carbocycles. The largest absolute Gasteiger partial charge is 0.348 e. The van der Waals surface area contributed by atoms with Gasteiger partial charge in [0.05, 0.1) is 11.8 Å². The molecule has 2 N–H and O–H groups in total. The topological polar surface area (TPSA) is 53.0 Å². The second kappa shape index (κ2) is 5.45. The van der Waals surface area contributed by atoms with E-state index in [1.165, 1.54) is 0 Å². The zero-order chi connectivity index (χ0) is 12.1. The number of amides is 1. The molecule has 0 aliphatic carbocycles. The van der Waals surface area contributed by atoms with Crippen LogP contribution in [-0.2, 0) is 4.79 Å². The molecule has 0 heterocycles. The van der Waals surface area contributed by atoms with Crippen LogP contribution in [-0.4, -0.2) is 17.7 Å². The summed E-state index contributed by atoms with van der Waals surface area (Å²) in [5, 5.41) is 10.8. The normalized spacial score (nSPS) is 12.2. The molecule has 3 nitrogen and oxygen atoms in total. The Balaban J connectivity index is 2.65. The molecule has 0 unspecified atom stereocenters. The fourth-order valence-corrected chi connectivity index (χ4v) is 1.32. The van der Waals surface area contributed by atoms with Crippen molar-refractivity contribution in [2.45, 2.75) is 26.8 Å². The summed E-state index contributed by atoms with van der Waals surface area (Å²) in [5.41, 5.74) is 1.29. The van der Waals surface area contributed by atoms with Crippen molar-refractivity contribution in [3.05, 3.63) is 35.9 Å². The first-order valence-corrected chi connectivity index (χ1v) is 5.46. The van der Waals surface area contributed by atoms with Crippen LogP contribution in [0.25, 0.3) is 0 Å². The summed E-state index contributed by atoms with van der Waals surface area (Å²) in [6.07, 6.45) is 0. The van der Waals surface area contributed by atoms with Gasteiger partial charge in [-0.1, -0.05) is 44.2 Å². The molecule has 1 rings (SSSR count). The third-order valence-electron chi connectivity index (χ3n) is 2.40. The molecule has 0 aromatic heterocycles. The zero-order valence-corrected chi connectivity index (χ0v) is 9.95. The first kappa shape index (κ1) is 12.4. The van der Waals surface area contributed by atoms with Crippen molar-refractivity contribution in [3.63, 3.8) is 0 Å². The van der Waals surface area contributed by atoms with Gasteiger partial charge in [-0.25, -0.2) is 0 Å². The third kappa shape index (κ3) is 3.19. The number of carbonyl (C=O) groups excluding carboxylic acids is 1. The molecule has 16 heavy (non-hydrogen) atoms. The van der Waals surface area contributed by atoms with Gasteiger partial charge in [0.25, 0.3) is 0 Å². The van der Waals surface area contributed by atoms with Crippen LogP contribution >= 0.6 is 0 Å². The summed E-state index contributed by atoms with van der Waals surface area (Å²) >= 11 is 0. The Morgan fingerprint density at radius 2 is 1.75 bits per heavy atom. The van der Waals surface area contributed by atoms with E-state index in [1.807, 2.05) is 51.1 Å². The van der Waals surface area contributed by atoms with Gasteiger partial charge in [0.1, 0.15) is 0 Å². The Labute approximate surface area is 96.4 Å². The highest BCUT2D eigenvalue weighted by atomic mass is 16.1. The molecular formula is C13H18N2O. The molecule has 86 valence electrons. The highest BCUT2D eigenvalue weighted by Gasteiger charge is 2.15. The lowest BCUT2D eigenvalue weighted by molar-refractivity contribution is -0.124. The van der Waals surface area contributed by atoms with Crippen molar-refractivity contribution in [1.29, 1.82) is 5.41 Å². The average Bonchev–Trinajstić information content (AvgIpc) is 2.28. The fourth-order valence-electron chi connectivity index (χ4n) is 1.32. The first-order valence-electron chi connectivity index (χ1n) is 5.46. The summed E-state index contributed by atoms with van der Waals surface area (Å²) in [6.45, 7) is 5.51. The number of hydrogen-bond acceptors (Lipinski definition) is 2. The predicted molar refractivity (Wildman–Crippen MR) is 65.7 cm³/mol. The SMILES string of the molecule is CC(C)C(=O)N[C@H](C)C(=N)c1ccccc1. The zero-order valence-electron chi connectivity index (χ0n) is 9.95. The summed E-state index contributed by atoms with van der Waals surface area (Å²) in [7, 11) is 0. The van der Waals surface area contributed by atoms with E-state index in [-0.39, 0.29) is 17.9 Å². The summed E-state index contributed by atoms with van der Waals surface area (Å²) < 4.78 is 0. The minimum atomic E-state index is -0.253. The van der Waals surface area contributed by atoms with Gasteiger partial charge in [-0.3, -0.25) is 4.79 Å². The number of nitrogens with one attached hydrogen (secondary N) is 2. The van der Waals surface area contributed by atoms with E-state index in [4.69, 9.17) is 5.41 Å². The predicted octanol–water partition coefficient (Wildman–Crippen LogP) is 2.22. The van der Waals surface area contributed by atoms with Crippen LogP contribution in [0, 0.1) is 11.3 Å². The number of carbonyl (C=O) groups is 1. The Morgan fingerprint density at radius 1 is 1.19 bits per heavy atom. The number of hydrogen-bond donors (Lipinski definition) is 2. The van der Waals surface area contributed by atoms with Crippen LogP contribution < -0.4 is 5.32 Å². The average molecular weight is 218 g/mol. The smallest absolute Gasteiger partial charge is 0.223 e. The molecule has 0 bridgehead atoms. The Hall–Kier alpha value is -1.64. The van der Waals surface area contributed by atoms with E-state index >= 15 is 0 Å². The Kier molecular flexibility index (Phi) is 4.23. The molecule has 1 atom stereocenters. The lowest BCUT2D eigenvalue weighted by atomic mass is 10.0. The Bertz CT molecular complexity index is 371. The molecule has 1 aromatic carbocycles. The molecule has 1 aromatic rings. The summed E-state index contributed by atoms with van der Waals surface area (Å²) in [4.78, 5) is 11.5. The second-order valence-electron chi connectivity index (χ2n) is 4.16. The molecule has 0 saturated heterocycles. The van der Waals surface area contributed by atoms with E-state index in [2.05, 4.69) is 5.32 Å². The maximum absolute atomic E-state index is 11.5. The number of benzene rings is 1. The van der Waals surface area contributed by atoms with E-state index < -0.39 is 0 Å². The van der Waals surface area contributed by atoms with Crippen molar-refractivity contribution in [1.82, 2.24) is 5.32 Å². The third-order valence-corrected chi connectivity index (χ3v) is 2.40. The summed E-state index contributed by atoms with van der Waals surface area (Å²) in [6, 6.07) is 9.19. The van der Waals surface area contributed by atoms with E-state index in [0.717, 1.165) is 5.56 Å². The molecule has 0 spiro atoms. The standard InChI is InChI=1S/C13H18N2O/c1-9(2)13(16)15-10(3)12(14)11-7-5-4-6-8-11/h4-10,14H,1-3H3,(H,15,16)/t10-/m1/s1. The van der Waals surface area contributed by atoms with Crippen molar-refractivity contribution in [2.75, 3.05) is 0 Å². The number of rotatable bonds is 4. The Morgan fingerprint density at radius 3 is 2.25 bits per heavy atom. The van der Waals surface area contributed by atoms with Gasteiger partial charge in [-0.2, -0.15) is 0 Å². The molecule has 0 aliphatic heterocycles. The minimum Gasteiger partial charge on any atom is -0.348 e. The van der Waals surface area contributed by atoms with Gasteiger partial charge in [-0.05, 0) is 12.5 Å². The fraction of sp³-hybridized carbons (Fsp3) is 0.385. The van der Waals surface area contributed by atoms with E-state index in [9.17, 15) is 4.79 Å². The van der Waals surface area contributed by atoms with Gasteiger partial charge in [0, 0.05) is 5.92 Å². The quantitative estimate of drug-likeness (QED) is 0.748. The molecular weight excluding hydrogens is 200 g/mol. The maximum atomic E-state index is 11.5. The van der Waals surface area contributed by atoms with Gasteiger partial charge < -0.3 is 10.7 Å². The lowest BCUT2D eigenvalue weighted by Gasteiger charge is -2.16. The minimum absolute atomic E-state index is 0.0202. The summed E-state index contributed by atoms with van der Waals surface area (Å²) in [5.74, 6) is -0.0702. The lowest BCUT2D eigenvalue weighted by Crippen LogP contribution is -2.40. The van der Waals surface area contributed by atoms with E-state index in [1.54, 1.807) is 0 Å². The van der Waals surface area contributed by atoms with Crippen molar-refractivity contribution >= 4 is 11.6 Å². The molecule has 3 heteroatoms. The molecule has 1 amide bonds. The second-order valence-corrected chi connectivity index (χ2v) is 4.16. The van der Waals surface area contributed by atoms with Crippen LogP contribution in [0.5, 0.6) is 0 Å². The van der Waals surface area contributed by atoms with Crippen LogP contribution in [0.1, 0.15) is 26.3 Å². The highest BCUT2D eigenvalue weighted by molar-refractivity contribution is 6.03. The van der Waals surface area contributed by atoms with Gasteiger partial charge in [0.15, 0.2) is 0 Å². The first-order chi connectivity index (χ1) is 7.52. The van der Waals surface area contributed by atoms with Crippen molar-refractivity contribution in [3.8, 4) is 0 Å². The molecule has 0 fully saturated rings. The van der Waals surface area contributed by atoms with Crippen LogP contribution in [0.15, 0.2) is 30.3 Å². The van der Waals surface area contributed by atoms with Crippen LogP contribution in [0.3, 0.4) is 0 Å².